The number of hydrogen-bond donors (Lipinski definition) is 3. The summed E-state index contributed by atoms with van der Waals surface area (Å²) in [6, 6.07) is 6.01. The second-order valence-corrected chi connectivity index (χ2v) is 9.98. The van der Waals surface area contributed by atoms with Gasteiger partial charge in [-0.1, -0.05) is 30.7 Å². The first-order chi connectivity index (χ1) is 14.3. The standard InChI is InChI=1S/C19H25N5O4S2/c1-13-6-7-14(10-15(13)30(27,28)24-8-4-2-3-5-9-24)21-18(26)12-29-19-22-16(20)11-17(25)23-19/h6-7,10-11H,2-5,8-9,12H2,1H3,(H,21,26)(H3,20,22,23,25). The van der Waals surface area contributed by atoms with Crippen molar-refractivity contribution in [1.29, 1.82) is 0 Å². The maximum Gasteiger partial charge on any atom is 0.253 e. The monoisotopic (exact) mass is 451 g/mol. The van der Waals surface area contributed by atoms with Crippen molar-refractivity contribution in [2.75, 3.05) is 29.9 Å². The Hall–Kier alpha value is -2.37. The van der Waals surface area contributed by atoms with Gasteiger partial charge in [0, 0.05) is 24.8 Å². The number of carbonyl (C=O) groups excluding carboxylic acids is 1. The van der Waals surface area contributed by atoms with Crippen LogP contribution in [0.4, 0.5) is 11.5 Å². The minimum absolute atomic E-state index is 0.0194. The lowest BCUT2D eigenvalue weighted by molar-refractivity contribution is -0.113. The Morgan fingerprint density at radius 3 is 2.60 bits per heavy atom. The molecule has 1 aromatic heterocycles. The summed E-state index contributed by atoms with van der Waals surface area (Å²) in [5.74, 6) is -0.301. The number of aromatic amines is 1. The van der Waals surface area contributed by atoms with Crippen LogP contribution in [0.25, 0.3) is 0 Å². The van der Waals surface area contributed by atoms with Gasteiger partial charge >= 0.3 is 0 Å². The van der Waals surface area contributed by atoms with Crippen molar-refractivity contribution >= 4 is 39.2 Å². The molecule has 9 nitrogen and oxygen atoms in total. The molecule has 0 aliphatic carbocycles. The lowest BCUT2D eigenvalue weighted by Crippen LogP contribution is -2.32. The Morgan fingerprint density at radius 2 is 1.93 bits per heavy atom. The third-order valence-corrected chi connectivity index (χ3v) is 7.65. The summed E-state index contributed by atoms with van der Waals surface area (Å²) in [6.45, 7) is 2.77. The number of carbonyl (C=O) groups is 1. The van der Waals surface area contributed by atoms with E-state index in [1.54, 1.807) is 19.1 Å². The molecule has 0 bridgehead atoms. The molecule has 0 saturated carbocycles. The van der Waals surface area contributed by atoms with Gasteiger partial charge in [-0.15, -0.1) is 0 Å². The summed E-state index contributed by atoms with van der Waals surface area (Å²) in [4.78, 5) is 30.4. The highest BCUT2D eigenvalue weighted by Crippen LogP contribution is 2.26. The molecule has 0 radical (unpaired) electrons. The lowest BCUT2D eigenvalue weighted by atomic mass is 10.2. The van der Waals surface area contributed by atoms with Crippen molar-refractivity contribution < 1.29 is 13.2 Å². The Bertz CT molecular complexity index is 1080. The third kappa shape index (κ3) is 5.61. The quantitative estimate of drug-likeness (QED) is 0.451. The van der Waals surface area contributed by atoms with Gasteiger partial charge in [0.2, 0.25) is 15.9 Å². The van der Waals surface area contributed by atoms with Gasteiger partial charge in [-0.05, 0) is 37.5 Å². The number of sulfonamides is 1. The Labute approximate surface area is 179 Å². The van der Waals surface area contributed by atoms with Gasteiger partial charge in [-0.2, -0.15) is 4.31 Å². The summed E-state index contributed by atoms with van der Waals surface area (Å²) >= 11 is 1.03. The number of amides is 1. The van der Waals surface area contributed by atoms with Gasteiger partial charge in [0.05, 0.1) is 10.6 Å². The van der Waals surface area contributed by atoms with E-state index in [0.29, 0.717) is 24.3 Å². The second kappa shape index (κ2) is 9.63. The first-order valence-corrected chi connectivity index (χ1v) is 12.1. The smallest absolute Gasteiger partial charge is 0.253 e. The fourth-order valence-corrected chi connectivity index (χ4v) is 5.68. The van der Waals surface area contributed by atoms with E-state index >= 15 is 0 Å². The fourth-order valence-electron chi connectivity index (χ4n) is 3.23. The fraction of sp³-hybridized carbons (Fsp3) is 0.421. The predicted molar refractivity (Wildman–Crippen MR) is 117 cm³/mol. The predicted octanol–water partition coefficient (Wildman–Crippen LogP) is 1.96. The average Bonchev–Trinajstić information content (AvgIpc) is 2.97. The molecular formula is C19H25N5O4S2. The molecule has 1 aromatic carbocycles. The highest BCUT2D eigenvalue weighted by Gasteiger charge is 2.27. The molecule has 1 amide bonds. The molecule has 162 valence electrons. The minimum Gasteiger partial charge on any atom is -0.383 e. The number of nitrogens with zero attached hydrogens (tertiary/aromatic N) is 2. The van der Waals surface area contributed by atoms with Gasteiger partial charge < -0.3 is 16.0 Å². The van der Waals surface area contributed by atoms with E-state index in [4.69, 9.17) is 5.73 Å². The van der Waals surface area contributed by atoms with Crippen molar-refractivity contribution in [1.82, 2.24) is 14.3 Å². The number of H-pyrrole nitrogens is 1. The van der Waals surface area contributed by atoms with Crippen LogP contribution in [0.5, 0.6) is 0 Å². The molecular weight excluding hydrogens is 426 g/mol. The largest absolute Gasteiger partial charge is 0.383 e. The topological polar surface area (TPSA) is 138 Å². The van der Waals surface area contributed by atoms with Crippen LogP contribution >= 0.6 is 11.8 Å². The molecule has 11 heteroatoms. The van der Waals surface area contributed by atoms with Crippen LogP contribution in [0.15, 0.2) is 39.1 Å². The van der Waals surface area contributed by atoms with E-state index in [0.717, 1.165) is 43.5 Å². The maximum absolute atomic E-state index is 13.1. The zero-order valence-corrected chi connectivity index (χ0v) is 18.3. The van der Waals surface area contributed by atoms with Crippen molar-refractivity contribution in [3.05, 3.63) is 40.2 Å². The summed E-state index contributed by atoms with van der Waals surface area (Å²) in [7, 11) is -3.63. The molecule has 1 aliphatic rings. The van der Waals surface area contributed by atoms with E-state index < -0.39 is 15.6 Å². The van der Waals surface area contributed by atoms with E-state index in [1.807, 2.05) is 0 Å². The number of anilines is 2. The number of hydrogen-bond acceptors (Lipinski definition) is 7. The molecule has 2 heterocycles. The Balaban J connectivity index is 1.71. The molecule has 0 atom stereocenters. The number of aromatic nitrogens is 2. The number of nitrogens with one attached hydrogen (secondary N) is 2. The van der Waals surface area contributed by atoms with Crippen molar-refractivity contribution in [3.8, 4) is 0 Å². The number of benzene rings is 1. The zero-order valence-electron chi connectivity index (χ0n) is 16.7. The van der Waals surface area contributed by atoms with Crippen LogP contribution in [0, 0.1) is 6.92 Å². The molecule has 30 heavy (non-hydrogen) atoms. The SMILES string of the molecule is Cc1ccc(NC(=O)CSc2nc(N)cc(=O)[nH]2)cc1S(=O)(=O)N1CCCCCC1. The lowest BCUT2D eigenvalue weighted by Gasteiger charge is -2.21. The number of aryl methyl sites for hydroxylation is 1. The summed E-state index contributed by atoms with van der Waals surface area (Å²) in [5.41, 5.74) is 6.16. The summed E-state index contributed by atoms with van der Waals surface area (Å²) in [5, 5.41) is 2.94. The molecule has 2 aromatic rings. The van der Waals surface area contributed by atoms with Crippen LogP contribution in [-0.4, -0.2) is 47.4 Å². The normalized spacial score (nSPS) is 15.5. The van der Waals surface area contributed by atoms with Crippen LogP contribution < -0.4 is 16.6 Å². The molecule has 1 fully saturated rings. The van der Waals surface area contributed by atoms with E-state index in [9.17, 15) is 18.0 Å². The molecule has 3 rings (SSSR count). The zero-order chi connectivity index (χ0) is 21.7. The highest BCUT2D eigenvalue weighted by molar-refractivity contribution is 7.99. The number of nitrogen functional groups attached to an aromatic ring is 1. The maximum atomic E-state index is 13.1. The average molecular weight is 452 g/mol. The molecule has 1 aliphatic heterocycles. The van der Waals surface area contributed by atoms with Crippen molar-refractivity contribution in [3.63, 3.8) is 0 Å². The van der Waals surface area contributed by atoms with Crippen molar-refractivity contribution in [2.45, 2.75) is 42.7 Å². The number of thioether (sulfide) groups is 1. The van der Waals surface area contributed by atoms with Crippen LogP contribution in [0.2, 0.25) is 0 Å². The van der Waals surface area contributed by atoms with Crippen LogP contribution in [0.3, 0.4) is 0 Å². The van der Waals surface area contributed by atoms with E-state index in [2.05, 4.69) is 15.3 Å². The van der Waals surface area contributed by atoms with Crippen LogP contribution in [-0.2, 0) is 14.8 Å². The van der Waals surface area contributed by atoms with Gasteiger partial charge in [-0.25, -0.2) is 13.4 Å². The molecule has 4 N–H and O–H groups in total. The van der Waals surface area contributed by atoms with Crippen LogP contribution in [0.1, 0.15) is 31.2 Å². The Morgan fingerprint density at radius 1 is 1.23 bits per heavy atom. The Kier molecular flexibility index (Phi) is 7.16. The molecule has 0 unspecified atom stereocenters. The molecule has 1 saturated heterocycles. The van der Waals surface area contributed by atoms with Gasteiger partial charge in [0.1, 0.15) is 5.82 Å². The number of rotatable bonds is 6. The first kappa shape index (κ1) is 22.3. The van der Waals surface area contributed by atoms with Crippen molar-refractivity contribution in [2.24, 2.45) is 0 Å². The first-order valence-electron chi connectivity index (χ1n) is 9.66. The number of nitrogens with two attached hydrogens (primary N) is 1. The minimum atomic E-state index is -3.63. The summed E-state index contributed by atoms with van der Waals surface area (Å²) < 4.78 is 27.8. The van der Waals surface area contributed by atoms with Gasteiger partial charge in [0.15, 0.2) is 5.16 Å². The molecule has 0 spiro atoms. The second-order valence-electron chi connectivity index (χ2n) is 7.11. The third-order valence-electron chi connectivity index (χ3n) is 4.73. The van der Waals surface area contributed by atoms with Gasteiger partial charge in [0.25, 0.3) is 5.56 Å². The van der Waals surface area contributed by atoms with E-state index in [-0.39, 0.29) is 27.5 Å². The highest BCUT2D eigenvalue weighted by atomic mass is 32.2. The van der Waals surface area contributed by atoms with E-state index in [1.165, 1.54) is 10.4 Å². The summed E-state index contributed by atoms with van der Waals surface area (Å²) in [6.07, 6.45) is 3.77. The van der Waals surface area contributed by atoms with Gasteiger partial charge in [-0.3, -0.25) is 9.59 Å².